The Kier molecular flexibility index (Phi) is 6.80. The Morgan fingerprint density at radius 3 is 2.45 bits per heavy atom. The first-order chi connectivity index (χ1) is 10.3. The summed E-state index contributed by atoms with van der Waals surface area (Å²) in [7, 11) is -3.66. The predicted octanol–water partition coefficient (Wildman–Crippen LogP) is 0.732. The molecule has 0 spiro atoms. The monoisotopic (exact) mass is 331 g/mol. The highest BCUT2D eigenvalue weighted by atomic mass is 32.2. The van der Waals surface area contributed by atoms with E-state index in [0.29, 0.717) is 0 Å². The number of alkyl carbamates (subject to hydrolysis) is 1. The average Bonchev–Trinajstić information content (AvgIpc) is 2.43. The van der Waals surface area contributed by atoms with Crippen molar-refractivity contribution in [3.63, 3.8) is 0 Å². The van der Waals surface area contributed by atoms with E-state index in [1.54, 1.807) is 24.3 Å². The van der Waals surface area contributed by atoms with E-state index in [9.17, 15) is 18.0 Å². The quantitative estimate of drug-likeness (QED) is 0.674. The minimum Gasteiger partial charge on any atom is -0.480 e. The van der Waals surface area contributed by atoms with Gasteiger partial charge in [-0.05, 0) is 5.56 Å². The van der Waals surface area contributed by atoms with Gasteiger partial charge < -0.3 is 15.2 Å². The topological polar surface area (TPSA) is 119 Å². The first-order valence-corrected chi connectivity index (χ1v) is 8.14. The lowest BCUT2D eigenvalue weighted by molar-refractivity contribution is -0.139. The summed E-state index contributed by atoms with van der Waals surface area (Å²) in [6.45, 7) is -0.354. The molecular weight excluding hydrogens is 314 g/mol. The van der Waals surface area contributed by atoms with Crippen LogP contribution in [0.1, 0.15) is 12.0 Å². The van der Waals surface area contributed by atoms with Crippen molar-refractivity contribution in [3.05, 3.63) is 35.9 Å². The fraction of sp³-hybridized carbons (Fsp3) is 0.385. The molecule has 1 atom stereocenters. The van der Waals surface area contributed by atoms with Crippen molar-refractivity contribution in [2.45, 2.75) is 19.1 Å². The van der Waals surface area contributed by atoms with Crippen molar-refractivity contribution >= 4 is 22.2 Å². The highest BCUT2D eigenvalue weighted by Crippen LogP contribution is 2.02. The van der Waals surface area contributed by atoms with Crippen molar-refractivity contribution in [1.29, 1.82) is 0 Å². The van der Waals surface area contributed by atoms with Gasteiger partial charge in [-0.1, -0.05) is 30.3 Å². The Morgan fingerprint density at radius 2 is 1.91 bits per heavy atom. The maximum Gasteiger partial charge on any atom is 0.408 e. The Labute approximate surface area is 128 Å². The molecule has 0 heterocycles. The third kappa shape index (κ3) is 7.60. The number of benzene rings is 1. The van der Waals surface area contributed by atoms with Crippen LogP contribution < -0.4 is 5.32 Å². The number of carboxylic acids is 1. The van der Waals surface area contributed by atoms with Gasteiger partial charge in [-0.25, -0.2) is 9.59 Å². The van der Waals surface area contributed by atoms with Gasteiger partial charge in [0.15, 0.2) is 0 Å². The van der Waals surface area contributed by atoms with Gasteiger partial charge in [0.2, 0.25) is 0 Å². The van der Waals surface area contributed by atoms with Crippen LogP contribution in [0.5, 0.6) is 0 Å². The largest absolute Gasteiger partial charge is 0.480 e. The number of ether oxygens (including phenoxy) is 1. The molecule has 0 aliphatic carbocycles. The molecule has 0 unspecified atom stereocenters. The first-order valence-electron chi connectivity index (χ1n) is 6.32. The minimum atomic E-state index is -3.66. The van der Waals surface area contributed by atoms with Gasteiger partial charge >= 0.3 is 12.1 Å². The van der Waals surface area contributed by atoms with Crippen LogP contribution >= 0.6 is 0 Å². The second-order valence-electron chi connectivity index (χ2n) is 4.41. The van der Waals surface area contributed by atoms with Crippen molar-refractivity contribution < 1.29 is 32.0 Å². The number of carboxylic acid groups (broad SMARTS) is 1. The number of nitrogens with one attached hydrogen (secondary N) is 1. The van der Waals surface area contributed by atoms with Crippen LogP contribution in [0.15, 0.2) is 30.3 Å². The van der Waals surface area contributed by atoms with E-state index >= 15 is 0 Å². The van der Waals surface area contributed by atoms with E-state index in [4.69, 9.17) is 9.84 Å². The Morgan fingerprint density at radius 1 is 1.27 bits per heavy atom. The Balaban J connectivity index is 2.42. The van der Waals surface area contributed by atoms with Crippen molar-refractivity contribution in [2.75, 3.05) is 12.9 Å². The number of carbonyl (C=O) groups is 2. The Bertz CT molecular complexity index is 600. The third-order valence-electron chi connectivity index (χ3n) is 2.51. The molecule has 0 radical (unpaired) electrons. The van der Waals surface area contributed by atoms with Crippen molar-refractivity contribution in [1.82, 2.24) is 5.32 Å². The molecule has 0 aromatic heterocycles. The Hall–Kier alpha value is -2.13. The maximum absolute atomic E-state index is 11.5. The molecule has 122 valence electrons. The number of amides is 1. The fourth-order valence-corrected chi connectivity index (χ4v) is 1.88. The van der Waals surface area contributed by atoms with Gasteiger partial charge in [-0.2, -0.15) is 8.42 Å². The molecule has 1 aromatic carbocycles. The standard InChI is InChI=1S/C13H17NO7S/c1-22(18,19)21-8-7-11(12(15)16)14-13(17)20-9-10-5-3-2-4-6-10/h2-6,11H,7-9H2,1H3,(H,14,17)(H,15,16)/t11-/m0/s1. The predicted molar refractivity (Wildman–Crippen MR) is 76.6 cm³/mol. The van der Waals surface area contributed by atoms with Crippen LogP contribution in [0.4, 0.5) is 4.79 Å². The van der Waals surface area contributed by atoms with E-state index in [-0.39, 0.29) is 19.6 Å². The highest BCUT2D eigenvalue weighted by Gasteiger charge is 2.21. The summed E-state index contributed by atoms with van der Waals surface area (Å²) < 4.78 is 30.9. The molecule has 1 rings (SSSR count). The molecule has 0 bridgehead atoms. The van der Waals surface area contributed by atoms with Gasteiger partial charge in [0, 0.05) is 6.42 Å². The lowest BCUT2D eigenvalue weighted by atomic mass is 10.2. The number of hydrogen-bond acceptors (Lipinski definition) is 6. The first kappa shape index (κ1) is 17.9. The molecule has 9 heteroatoms. The summed E-state index contributed by atoms with van der Waals surface area (Å²) in [4.78, 5) is 22.5. The van der Waals surface area contributed by atoms with E-state index in [0.717, 1.165) is 11.8 Å². The zero-order chi connectivity index (χ0) is 16.6. The summed E-state index contributed by atoms with van der Waals surface area (Å²) in [5.74, 6) is -1.31. The molecule has 0 saturated carbocycles. The third-order valence-corrected chi connectivity index (χ3v) is 3.10. The van der Waals surface area contributed by atoms with E-state index in [1.807, 2.05) is 6.07 Å². The van der Waals surface area contributed by atoms with Gasteiger partial charge in [0.05, 0.1) is 12.9 Å². The van der Waals surface area contributed by atoms with Crippen LogP contribution in [0.2, 0.25) is 0 Å². The second-order valence-corrected chi connectivity index (χ2v) is 6.06. The summed E-state index contributed by atoms with van der Waals surface area (Å²) in [5.41, 5.74) is 0.755. The molecule has 1 aromatic rings. The minimum absolute atomic E-state index is 0.00114. The smallest absolute Gasteiger partial charge is 0.408 e. The molecule has 0 aliphatic rings. The lowest BCUT2D eigenvalue weighted by Gasteiger charge is -2.14. The van der Waals surface area contributed by atoms with Crippen molar-refractivity contribution in [3.8, 4) is 0 Å². The normalized spacial score (nSPS) is 12.4. The molecule has 0 fully saturated rings. The lowest BCUT2D eigenvalue weighted by Crippen LogP contribution is -2.41. The van der Waals surface area contributed by atoms with Crippen molar-refractivity contribution in [2.24, 2.45) is 0 Å². The zero-order valence-electron chi connectivity index (χ0n) is 11.9. The molecular formula is C13H17NO7S. The van der Waals surface area contributed by atoms with Crippen LogP contribution in [0.3, 0.4) is 0 Å². The summed E-state index contributed by atoms with van der Waals surface area (Å²) in [6.07, 6.45) is -0.261. The van der Waals surface area contributed by atoms with E-state index in [1.165, 1.54) is 0 Å². The van der Waals surface area contributed by atoms with Gasteiger partial charge in [-0.15, -0.1) is 0 Å². The van der Waals surface area contributed by atoms with Gasteiger partial charge in [-0.3, -0.25) is 4.18 Å². The van der Waals surface area contributed by atoms with E-state index < -0.39 is 28.2 Å². The maximum atomic E-state index is 11.5. The van der Waals surface area contributed by atoms with Crippen LogP contribution in [-0.2, 0) is 30.4 Å². The highest BCUT2D eigenvalue weighted by molar-refractivity contribution is 7.85. The van der Waals surface area contributed by atoms with Crippen LogP contribution in [0, 0.1) is 0 Å². The molecule has 0 saturated heterocycles. The number of aliphatic carboxylic acids is 1. The van der Waals surface area contributed by atoms with Crippen LogP contribution in [0.25, 0.3) is 0 Å². The summed E-state index contributed by atoms with van der Waals surface area (Å²) >= 11 is 0. The number of carbonyl (C=O) groups excluding carboxylic acids is 1. The second kappa shape index (κ2) is 8.35. The number of rotatable bonds is 8. The molecule has 8 nitrogen and oxygen atoms in total. The zero-order valence-corrected chi connectivity index (χ0v) is 12.7. The van der Waals surface area contributed by atoms with E-state index in [2.05, 4.69) is 9.50 Å². The summed E-state index contributed by atoms with van der Waals surface area (Å²) in [5, 5.41) is 11.1. The molecule has 1 amide bonds. The molecule has 0 aliphatic heterocycles. The van der Waals surface area contributed by atoms with Crippen LogP contribution in [-0.4, -0.2) is 44.5 Å². The fourth-order valence-electron chi connectivity index (χ4n) is 1.48. The summed E-state index contributed by atoms with van der Waals surface area (Å²) in [6, 6.07) is 7.57. The van der Waals surface area contributed by atoms with Gasteiger partial charge in [0.1, 0.15) is 12.6 Å². The molecule has 22 heavy (non-hydrogen) atoms. The number of hydrogen-bond donors (Lipinski definition) is 2. The molecule has 2 N–H and O–H groups in total. The SMILES string of the molecule is CS(=O)(=O)OCC[C@H](NC(=O)OCc1ccccc1)C(=O)O. The average molecular weight is 331 g/mol. The van der Waals surface area contributed by atoms with Gasteiger partial charge in [0.25, 0.3) is 10.1 Å².